The van der Waals surface area contributed by atoms with Crippen molar-refractivity contribution in [3.8, 4) is 0 Å². The Balaban J connectivity index is 2.05. The smallest absolute Gasteiger partial charge is 0.410 e. The molecule has 0 aliphatic carbocycles. The molecule has 0 aromatic carbocycles. The van der Waals surface area contributed by atoms with E-state index >= 15 is 0 Å². The first-order valence-corrected chi connectivity index (χ1v) is 5.77. The number of amides is 1. The molecule has 92 valence electrons. The normalized spacial score (nSPS) is 19.4. The number of aromatic nitrogens is 1. The molecular formula is C12H16N2O3. The average molecular weight is 236 g/mol. The molecule has 1 aliphatic rings. The van der Waals surface area contributed by atoms with E-state index in [1.54, 1.807) is 17.3 Å². The Morgan fingerprint density at radius 3 is 3.24 bits per heavy atom. The van der Waals surface area contributed by atoms with E-state index in [4.69, 9.17) is 9.84 Å². The van der Waals surface area contributed by atoms with Crippen molar-refractivity contribution < 1.29 is 14.6 Å². The molecule has 1 amide bonds. The number of nitrogens with zero attached hydrogens (tertiary/aromatic N) is 2. The second-order valence-electron chi connectivity index (χ2n) is 3.98. The van der Waals surface area contributed by atoms with Crippen LogP contribution in [0.4, 0.5) is 4.79 Å². The molecule has 1 aliphatic heterocycles. The van der Waals surface area contributed by atoms with E-state index in [9.17, 15) is 4.79 Å². The van der Waals surface area contributed by atoms with E-state index in [-0.39, 0.29) is 25.3 Å². The van der Waals surface area contributed by atoms with Gasteiger partial charge in [0.15, 0.2) is 0 Å². The lowest BCUT2D eigenvalue weighted by molar-refractivity contribution is 0.0807. The van der Waals surface area contributed by atoms with Crippen molar-refractivity contribution >= 4 is 6.09 Å². The van der Waals surface area contributed by atoms with Crippen LogP contribution in [-0.4, -0.2) is 40.8 Å². The first kappa shape index (κ1) is 11.9. The van der Waals surface area contributed by atoms with Gasteiger partial charge in [0.2, 0.25) is 0 Å². The summed E-state index contributed by atoms with van der Waals surface area (Å²) in [6, 6.07) is 3.88. The predicted molar refractivity (Wildman–Crippen MR) is 61.4 cm³/mol. The molecule has 2 heterocycles. The van der Waals surface area contributed by atoms with Gasteiger partial charge in [0.1, 0.15) is 6.61 Å². The average Bonchev–Trinajstić information content (AvgIpc) is 2.86. The molecule has 0 saturated carbocycles. The van der Waals surface area contributed by atoms with E-state index in [2.05, 4.69) is 4.98 Å². The van der Waals surface area contributed by atoms with Crippen LogP contribution in [0.2, 0.25) is 0 Å². The predicted octanol–water partition coefficient (Wildman–Crippen LogP) is 1.35. The van der Waals surface area contributed by atoms with Crippen LogP contribution in [0.1, 0.15) is 24.4 Å². The van der Waals surface area contributed by atoms with Gasteiger partial charge in [0.05, 0.1) is 12.6 Å². The molecule has 1 saturated heterocycles. The van der Waals surface area contributed by atoms with Crippen molar-refractivity contribution in [3.63, 3.8) is 0 Å². The number of rotatable bonds is 3. The van der Waals surface area contributed by atoms with Crippen molar-refractivity contribution in [1.82, 2.24) is 9.88 Å². The summed E-state index contributed by atoms with van der Waals surface area (Å²) < 4.78 is 4.94. The van der Waals surface area contributed by atoms with Crippen LogP contribution < -0.4 is 0 Å². The molecule has 1 aromatic heterocycles. The third-order valence-electron chi connectivity index (χ3n) is 2.87. The van der Waals surface area contributed by atoms with Crippen molar-refractivity contribution in [2.45, 2.75) is 18.9 Å². The largest absolute Gasteiger partial charge is 0.447 e. The van der Waals surface area contributed by atoms with Gasteiger partial charge in [-0.1, -0.05) is 6.07 Å². The van der Waals surface area contributed by atoms with Gasteiger partial charge in [-0.3, -0.25) is 4.98 Å². The number of likely N-dealkylation sites (tertiary alicyclic amines) is 1. The molecule has 1 atom stereocenters. The Hall–Kier alpha value is -1.62. The fourth-order valence-corrected chi connectivity index (χ4v) is 2.12. The molecule has 0 bridgehead atoms. The minimum Gasteiger partial charge on any atom is -0.447 e. The van der Waals surface area contributed by atoms with Crippen molar-refractivity contribution in [2.24, 2.45) is 0 Å². The Morgan fingerprint density at radius 2 is 2.53 bits per heavy atom. The number of hydrogen-bond acceptors (Lipinski definition) is 4. The number of carbonyl (C=O) groups is 1. The molecule has 17 heavy (non-hydrogen) atoms. The van der Waals surface area contributed by atoms with Gasteiger partial charge in [0.25, 0.3) is 0 Å². The molecule has 5 nitrogen and oxygen atoms in total. The highest BCUT2D eigenvalue weighted by Crippen LogP contribution is 2.31. The number of pyridine rings is 1. The Labute approximate surface area is 100 Å². The standard InChI is InChI=1S/C12H16N2O3/c15-7-8-17-12(16)14-6-2-4-11(14)10-3-1-5-13-9-10/h1,3,5,9,11,15H,2,4,6-8H2. The van der Waals surface area contributed by atoms with Crippen LogP contribution >= 0.6 is 0 Å². The van der Waals surface area contributed by atoms with Crippen LogP contribution in [0.5, 0.6) is 0 Å². The van der Waals surface area contributed by atoms with E-state index in [0.717, 1.165) is 18.4 Å². The molecule has 1 N–H and O–H groups in total. The SMILES string of the molecule is O=C(OCCO)N1CCCC1c1cccnc1. The Morgan fingerprint density at radius 1 is 1.65 bits per heavy atom. The zero-order chi connectivity index (χ0) is 12.1. The van der Waals surface area contributed by atoms with Crippen LogP contribution in [0.15, 0.2) is 24.5 Å². The maximum atomic E-state index is 11.8. The molecule has 2 rings (SSSR count). The highest BCUT2D eigenvalue weighted by atomic mass is 16.6. The van der Waals surface area contributed by atoms with Crippen LogP contribution in [-0.2, 0) is 4.74 Å². The number of carbonyl (C=O) groups excluding carboxylic acids is 1. The molecule has 1 unspecified atom stereocenters. The minimum atomic E-state index is -0.356. The highest BCUT2D eigenvalue weighted by molar-refractivity contribution is 5.68. The summed E-state index contributed by atoms with van der Waals surface area (Å²) in [6.07, 6.45) is 5.04. The zero-order valence-corrected chi connectivity index (χ0v) is 9.58. The van der Waals surface area contributed by atoms with E-state index in [1.807, 2.05) is 12.1 Å². The highest BCUT2D eigenvalue weighted by Gasteiger charge is 2.30. The lowest BCUT2D eigenvalue weighted by Crippen LogP contribution is -2.31. The summed E-state index contributed by atoms with van der Waals surface area (Å²) in [7, 11) is 0. The van der Waals surface area contributed by atoms with Crippen molar-refractivity contribution in [3.05, 3.63) is 30.1 Å². The molecule has 1 aromatic rings. The molecule has 0 radical (unpaired) electrons. The molecule has 5 heteroatoms. The number of ether oxygens (including phenoxy) is 1. The van der Waals surface area contributed by atoms with Gasteiger partial charge >= 0.3 is 6.09 Å². The number of aliphatic hydroxyl groups excluding tert-OH is 1. The maximum Gasteiger partial charge on any atom is 0.410 e. The maximum absolute atomic E-state index is 11.8. The monoisotopic (exact) mass is 236 g/mol. The quantitative estimate of drug-likeness (QED) is 0.860. The van der Waals surface area contributed by atoms with Crippen molar-refractivity contribution in [2.75, 3.05) is 19.8 Å². The summed E-state index contributed by atoms with van der Waals surface area (Å²) in [6.45, 7) is 0.607. The van der Waals surface area contributed by atoms with Gasteiger partial charge in [-0.05, 0) is 24.5 Å². The van der Waals surface area contributed by atoms with E-state index in [0.29, 0.717) is 6.54 Å². The van der Waals surface area contributed by atoms with E-state index < -0.39 is 0 Å². The summed E-state index contributed by atoms with van der Waals surface area (Å²) in [5.41, 5.74) is 1.03. The molecule has 1 fully saturated rings. The second-order valence-corrected chi connectivity index (χ2v) is 3.98. The van der Waals surface area contributed by atoms with Gasteiger partial charge < -0.3 is 14.7 Å². The topological polar surface area (TPSA) is 62.7 Å². The first-order chi connectivity index (χ1) is 8.33. The van der Waals surface area contributed by atoms with Crippen LogP contribution in [0.25, 0.3) is 0 Å². The van der Waals surface area contributed by atoms with Crippen LogP contribution in [0, 0.1) is 0 Å². The van der Waals surface area contributed by atoms with E-state index in [1.165, 1.54) is 0 Å². The van der Waals surface area contributed by atoms with Crippen LogP contribution in [0.3, 0.4) is 0 Å². The Kier molecular flexibility index (Phi) is 3.93. The number of hydrogen-bond donors (Lipinski definition) is 1. The fraction of sp³-hybridized carbons (Fsp3) is 0.500. The fourth-order valence-electron chi connectivity index (χ4n) is 2.12. The third-order valence-corrected chi connectivity index (χ3v) is 2.87. The van der Waals surface area contributed by atoms with Gasteiger partial charge in [-0.15, -0.1) is 0 Å². The lowest BCUT2D eigenvalue weighted by atomic mass is 10.1. The summed E-state index contributed by atoms with van der Waals surface area (Å²) in [5, 5.41) is 8.64. The van der Waals surface area contributed by atoms with Gasteiger partial charge in [0, 0.05) is 18.9 Å². The second kappa shape index (κ2) is 5.63. The zero-order valence-electron chi connectivity index (χ0n) is 9.58. The first-order valence-electron chi connectivity index (χ1n) is 5.77. The van der Waals surface area contributed by atoms with Gasteiger partial charge in [-0.25, -0.2) is 4.79 Å². The van der Waals surface area contributed by atoms with Gasteiger partial charge in [-0.2, -0.15) is 0 Å². The third kappa shape index (κ3) is 2.74. The van der Waals surface area contributed by atoms with Crippen molar-refractivity contribution in [1.29, 1.82) is 0 Å². The summed E-state index contributed by atoms with van der Waals surface area (Å²) in [4.78, 5) is 17.5. The summed E-state index contributed by atoms with van der Waals surface area (Å²) in [5.74, 6) is 0. The lowest BCUT2D eigenvalue weighted by Gasteiger charge is -2.23. The Bertz CT molecular complexity index is 369. The number of aliphatic hydroxyl groups is 1. The molecule has 0 spiro atoms. The molecular weight excluding hydrogens is 220 g/mol. The summed E-state index contributed by atoms with van der Waals surface area (Å²) >= 11 is 0. The minimum absolute atomic E-state index is 0.0507.